The van der Waals surface area contributed by atoms with E-state index in [1.165, 1.54) is 19.1 Å². The van der Waals surface area contributed by atoms with E-state index in [4.69, 9.17) is 5.26 Å². The fourth-order valence-corrected chi connectivity index (χ4v) is 1.39. The van der Waals surface area contributed by atoms with Crippen molar-refractivity contribution >= 4 is 11.6 Å². The van der Waals surface area contributed by atoms with Crippen LogP contribution in [0.3, 0.4) is 0 Å². The summed E-state index contributed by atoms with van der Waals surface area (Å²) in [5.74, 6) is -1.63. The summed E-state index contributed by atoms with van der Waals surface area (Å²) in [7, 11) is 0. The maximum atomic E-state index is 12.5. The van der Waals surface area contributed by atoms with Gasteiger partial charge in [-0.05, 0) is 30.7 Å². The normalized spacial score (nSPS) is 12.1. The minimum atomic E-state index is -4.55. The molecule has 0 aromatic heterocycles. The largest absolute Gasteiger partial charge is 0.506 e. The lowest BCUT2D eigenvalue weighted by Crippen LogP contribution is -2.16. The van der Waals surface area contributed by atoms with E-state index in [1.54, 1.807) is 0 Å². The lowest BCUT2D eigenvalue weighted by molar-refractivity contribution is -0.137. The maximum absolute atomic E-state index is 12.5. The van der Waals surface area contributed by atoms with Crippen LogP contribution in [-0.4, -0.2) is 11.0 Å². The molecular weight excluding hydrogens is 285 g/mol. The summed E-state index contributed by atoms with van der Waals surface area (Å²) in [6.45, 7) is 4.75. The summed E-state index contributed by atoms with van der Waals surface area (Å²) in [6.07, 6.45) is -4.55. The van der Waals surface area contributed by atoms with Crippen molar-refractivity contribution in [3.8, 4) is 6.07 Å². The van der Waals surface area contributed by atoms with Crippen LogP contribution in [0.15, 0.2) is 47.7 Å². The smallest absolute Gasteiger partial charge is 0.416 e. The molecule has 4 nitrogen and oxygen atoms in total. The quantitative estimate of drug-likeness (QED) is 0.388. The van der Waals surface area contributed by atoms with Crippen molar-refractivity contribution < 1.29 is 23.1 Å². The second-order valence-corrected chi connectivity index (χ2v) is 4.15. The Labute approximate surface area is 118 Å². The molecule has 0 spiro atoms. The van der Waals surface area contributed by atoms with E-state index in [9.17, 15) is 23.1 Å². The molecule has 0 aliphatic heterocycles. The first-order valence-electron chi connectivity index (χ1n) is 5.64. The molecule has 0 aliphatic rings. The topological polar surface area (TPSA) is 73.1 Å². The number of carbonyl (C=O) groups is 1. The van der Waals surface area contributed by atoms with Gasteiger partial charge in [-0.1, -0.05) is 12.6 Å². The van der Waals surface area contributed by atoms with Crippen molar-refractivity contribution in [1.29, 1.82) is 5.26 Å². The zero-order chi connectivity index (χ0) is 16.2. The van der Waals surface area contributed by atoms with E-state index < -0.39 is 29.0 Å². The Balaban J connectivity index is 3.07. The van der Waals surface area contributed by atoms with E-state index >= 15 is 0 Å². The number of aliphatic hydroxyl groups is 1. The van der Waals surface area contributed by atoms with Crippen molar-refractivity contribution in [2.75, 3.05) is 5.32 Å². The number of anilines is 1. The Hall–Kier alpha value is -2.75. The number of rotatable bonds is 3. The Morgan fingerprint density at radius 3 is 2.52 bits per heavy atom. The Morgan fingerprint density at radius 1 is 1.43 bits per heavy atom. The molecule has 0 bridgehead atoms. The first-order chi connectivity index (χ1) is 9.66. The molecule has 1 amide bonds. The predicted octanol–water partition coefficient (Wildman–Crippen LogP) is 3.56. The fraction of sp³-hybridized carbons (Fsp3) is 0.143. The van der Waals surface area contributed by atoms with Crippen molar-refractivity contribution in [3.63, 3.8) is 0 Å². The van der Waals surface area contributed by atoms with Crippen LogP contribution in [0.2, 0.25) is 0 Å². The van der Waals surface area contributed by atoms with E-state index in [0.717, 1.165) is 18.2 Å². The summed E-state index contributed by atoms with van der Waals surface area (Å²) >= 11 is 0. The molecule has 1 aromatic rings. The van der Waals surface area contributed by atoms with Crippen LogP contribution in [-0.2, 0) is 11.0 Å². The van der Waals surface area contributed by atoms with E-state index in [-0.39, 0.29) is 11.3 Å². The van der Waals surface area contributed by atoms with Crippen LogP contribution < -0.4 is 5.32 Å². The zero-order valence-corrected chi connectivity index (χ0v) is 11.0. The molecule has 110 valence electrons. The van der Waals surface area contributed by atoms with E-state index in [1.807, 2.05) is 0 Å². The van der Waals surface area contributed by atoms with Gasteiger partial charge >= 0.3 is 6.18 Å². The van der Waals surface area contributed by atoms with Gasteiger partial charge in [-0.2, -0.15) is 18.4 Å². The molecule has 21 heavy (non-hydrogen) atoms. The van der Waals surface area contributed by atoms with Gasteiger partial charge in [0.25, 0.3) is 5.91 Å². The van der Waals surface area contributed by atoms with Crippen LogP contribution in [0.4, 0.5) is 18.9 Å². The molecule has 1 rings (SSSR count). The molecular formula is C14H11F3N2O2. The molecule has 0 saturated heterocycles. The monoisotopic (exact) mass is 296 g/mol. The maximum Gasteiger partial charge on any atom is 0.416 e. The second-order valence-electron chi connectivity index (χ2n) is 4.15. The minimum Gasteiger partial charge on any atom is -0.506 e. The van der Waals surface area contributed by atoms with E-state index in [0.29, 0.717) is 0 Å². The number of alkyl halides is 3. The number of nitrogens with zero attached hydrogens (tertiary/aromatic N) is 1. The minimum absolute atomic E-state index is 0.0887. The zero-order valence-electron chi connectivity index (χ0n) is 11.0. The molecule has 0 atom stereocenters. The Bertz CT molecular complexity index is 655. The average molecular weight is 296 g/mol. The van der Waals surface area contributed by atoms with Crippen LogP contribution in [0.1, 0.15) is 12.5 Å². The number of allylic oxidation sites excluding steroid dienone is 1. The second kappa shape index (κ2) is 6.13. The molecule has 0 radical (unpaired) electrons. The first-order valence-corrected chi connectivity index (χ1v) is 5.64. The molecule has 7 heteroatoms. The summed E-state index contributed by atoms with van der Waals surface area (Å²) in [5.41, 5.74) is -1.62. The molecule has 0 heterocycles. The highest BCUT2D eigenvalue weighted by atomic mass is 19.4. The molecule has 0 unspecified atom stereocenters. The number of carbonyl (C=O) groups excluding carboxylic acids is 1. The lowest BCUT2D eigenvalue weighted by Gasteiger charge is -2.10. The lowest BCUT2D eigenvalue weighted by atomic mass is 10.1. The number of hydrogen-bond acceptors (Lipinski definition) is 3. The third-order valence-corrected chi connectivity index (χ3v) is 2.43. The highest BCUT2D eigenvalue weighted by Gasteiger charge is 2.30. The number of hydrogen-bond donors (Lipinski definition) is 2. The van der Waals surface area contributed by atoms with Gasteiger partial charge in [0, 0.05) is 5.69 Å². The first kappa shape index (κ1) is 16.3. The number of aliphatic hydroxyl groups excluding tert-OH is 1. The van der Waals surface area contributed by atoms with Crippen molar-refractivity contribution in [1.82, 2.24) is 0 Å². The van der Waals surface area contributed by atoms with Crippen LogP contribution in [0.5, 0.6) is 0 Å². The van der Waals surface area contributed by atoms with Crippen LogP contribution in [0.25, 0.3) is 0 Å². The van der Waals surface area contributed by atoms with Gasteiger partial charge in [0.05, 0.1) is 5.56 Å². The standard InChI is InChI=1S/C14H11F3N2O2/c1-8(2)12(20)11(7-18)13(21)19-10-5-3-4-9(6-10)14(15,16)17/h3-6,20H,1H2,2H3,(H,19,21). The SMILES string of the molecule is C=C(C)C(O)=C(C#N)C(=O)Nc1cccc(C(F)(F)F)c1. The molecule has 2 N–H and O–H groups in total. The fourth-order valence-electron chi connectivity index (χ4n) is 1.39. The molecule has 0 saturated carbocycles. The Kier molecular flexibility index (Phi) is 4.76. The van der Waals surface area contributed by atoms with Gasteiger partial charge in [0.15, 0.2) is 5.57 Å². The van der Waals surface area contributed by atoms with Gasteiger partial charge in [0.2, 0.25) is 0 Å². The molecule has 0 fully saturated rings. The number of benzene rings is 1. The van der Waals surface area contributed by atoms with Gasteiger partial charge in [0.1, 0.15) is 11.8 Å². The van der Waals surface area contributed by atoms with Crippen molar-refractivity contribution in [2.45, 2.75) is 13.1 Å². The number of amides is 1. The van der Waals surface area contributed by atoms with Gasteiger partial charge < -0.3 is 10.4 Å². The average Bonchev–Trinajstić information content (AvgIpc) is 2.38. The van der Waals surface area contributed by atoms with Crippen molar-refractivity contribution in [2.24, 2.45) is 0 Å². The van der Waals surface area contributed by atoms with Gasteiger partial charge in [-0.3, -0.25) is 4.79 Å². The summed E-state index contributed by atoms with van der Waals surface area (Å²) < 4.78 is 37.6. The van der Waals surface area contributed by atoms with Gasteiger partial charge in [-0.25, -0.2) is 0 Å². The molecule has 1 aromatic carbocycles. The van der Waals surface area contributed by atoms with Gasteiger partial charge in [-0.15, -0.1) is 0 Å². The third-order valence-electron chi connectivity index (χ3n) is 2.43. The number of nitrogens with one attached hydrogen (secondary N) is 1. The highest BCUT2D eigenvalue weighted by Crippen LogP contribution is 2.30. The number of nitriles is 1. The van der Waals surface area contributed by atoms with Crippen LogP contribution >= 0.6 is 0 Å². The highest BCUT2D eigenvalue weighted by molar-refractivity contribution is 6.07. The third kappa shape index (κ3) is 4.11. The summed E-state index contributed by atoms with van der Waals surface area (Å²) in [4.78, 5) is 11.8. The molecule has 0 aliphatic carbocycles. The van der Waals surface area contributed by atoms with Crippen LogP contribution in [0, 0.1) is 11.3 Å². The Morgan fingerprint density at radius 2 is 2.05 bits per heavy atom. The predicted molar refractivity (Wildman–Crippen MR) is 70.2 cm³/mol. The van der Waals surface area contributed by atoms with Crippen molar-refractivity contribution in [3.05, 3.63) is 53.3 Å². The summed E-state index contributed by atoms with van der Waals surface area (Å²) in [5, 5.41) is 20.5. The number of halogens is 3. The van der Waals surface area contributed by atoms with E-state index in [2.05, 4.69) is 11.9 Å². The summed E-state index contributed by atoms with van der Waals surface area (Å²) in [6, 6.07) is 5.41.